The zero-order chi connectivity index (χ0) is 15.3. The fourth-order valence-electron chi connectivity index (χ4n) is 1.85. The van der Waals surface area contributed by atoms with E-state index in [-0.39, 0.29) is 16.5 Å². The Morgan fingerprint density at radius 3 is 2.50 bits per heavy atom. The van der Waals surface area contributed by atoms with E-state index in [1.165, 1.54) is 0 Å². The summed E-state index contributed by atoms with van der Waals surface area (Å²) in [7, 11) is -3.98. The molecule has 0 bridgehead atoms. The van der Waals surface area contributed by atoms with Gasteiger partial charge in [-0.15, -0.1) is 0 Å². The highest BCUT2D eigenvalue weighted by atomic mass is 32.2. The predicted molar refractivity (Wildman–Crippen MR) is 74.2 cm³/mol. The first-order valence-corrected chi connectivity index (χ1v) is 7.97. The molecule has 1 aromatic carbocycles. The van der Waals surface area contributed by atoms with E-state index >= 15 is 0 Å². The van der Waals surface area contributed by atoms with Crippen molar-refractivity contribution in [1.82, 2.24) is 5.32 Å². The van der Waals surface area contributed by atoms with Crippen molar-refractivity contribution in [3.8, 4) is 0 Å². The molecule has 112 valence electrons. The summed E-state index contributed by atoms with van der Waals surface area (Å²) in [5.41, 5.74) is -0.188. The van der Waals surface area contributed by atoms with E-state index in [0.717, 1.165) is 37.5 Å². The van der Waals surface area contributed by atoms with E-state index in [9.17, 15) is 17.6 Å². The molecule has 0 saturated heterocycles. The molecule has 1 unspecified atom stereocenters. The summed E-state index contributed by atoms with van der Waals surface area (Å²) in [5.74, 6) is -1.45. The molecular formula is C13H19FN2O3S. The van der Waals surface area contributed by atoms with Crippen molar-refractivity contribution in [3.63, 3.8) is 0 Å². The third-order valence-corrected chi connectivity index (χ3v) is 3.89. The van der Waals surface area contributed by atoms with Gasteiger partial charge in [-0.05, 0) is 31.0 Å². The molecule has 0 heterocycles. The molecule has 0 aliphatic carbocycles. The number of amides is 1. The maximum Gasteiger partial charge on any atom is 0.254 e. The van der Waals surface area contributed by atoms with Gasteiger partial charge in [0.05, 0.1) is 10.5 Å². The van der Waals surface area contributed by atoms with Crippen LogP contribution in [-0.2, 0) is 10.0 Å². The number of nitrogens with two attached hydrogens (primary N) is 1. The molecule has 0 spiro atoms. The van der Waals surface area contributed by atoms with Crippen molar-refractivity contribution in [1.29, 1.82) is 0 Å². The van der Waals surface area contributed by atoms with Crippen LogP contribution in [0.2, 0.25) is 0 Å². The van der Waals surface area contributed by atoms with Gasteiger partial charge in [0, 0.05) is 6.04 Å². The summed E-state index contributed by atoms with van der Waals surface area (Å²) in [5, 5.41) is 7.62. The SMILES string of the molecule is CCCC(CC)NC(=O)c1ccc(S(N)(=O)=O)cc1F. The maximum absolute atomic E-state index is 13.8. The number of carbonyl (C=O) groups excluding carboxylic acids is 1. The van der Waals surface area contributed by atoms with Gasteiger partial charge in [-0.1, -0.05) is 20.3 Å². The van der Waals surface area contributed by atoms with Crippen LogP contribution in [-0.4, -0.2) is 20.4 Å². The van der Waals surface area contributed by atoms with Crippen LogP contribution in [0, 0.1) is 5.82 Å². The zero-order valence-corrected chi connectivity index (χ0v) is 12.3. The highest BCUT2D eigenvalue weighted by Crippen LogP contribution is 2.14. The number of hydrogen-bond donors (Lipinski definition) is 2. The second-order valence-electron chi connectivity index (χ2n) is 4.55. The van der Waals surface area contributed by atoms with Crippen molar-refractivity contribution in [2.24, 2.45) is 5.14 Å². The molecule has 0 aliphatic heterocycles. The Balaban J connectivity index is 2.95. The maximum atomic E-state index is 13.8. The van der Waals surface area contributed by atoms with Gasteiger partial charge in [-0.2, -0.15) is 0 Å². The highest BCUT2D eigenvalue weighted by Gasteiger charge is 2.18. The quantitative estimate of drug-likeness (QED) is 0.839. The Bertz CT molecular complexity index is 587. The zero-order valence-electron chi connectivity index (χ0n) is 11.5. The number of carbonyl (C=O) groups is 1. The lowest BCUT2D eigenvalue weighted by Gasteiger charge is -2.16. The third-order valence-electron chi connectivity index (χ3n) is 2.98. The number of benzene rings is 1. The second kappa shape index (κ2) is 6.81. The molecule has 1 atom stereocenters. The lowest BCUT2D eigenvalue weighted by atomic mass is 10.1. The normalized spacial score (nSPS) is 13.0. The molecule has 5 nitrogen and oxygen atoms in total. The van der Waals surface area contributed by atoms with Gasteiger partial charge in [-0.25, -0.2) is 17.9 Å². The van der Waals surface area contributed by atoms with Gasteiger partial charge >= 0.3 is 0 Å². The molecule has 0 radical (unpaired) electrons. The fraction of sp³-hybridized carbons (Fsp3) is 0.462. The Hall–Kier alpha value is -1.47. The summed E-state index contributed by atoms with van der Waals surface area (Å²) in [6, 6.07) is 2.98. The molecular weight excluding hydrogens is 283 g/mol. The lowest BCUT2D eigenvalue weighted by Crippen LogP contribution is -2.34. The van der Waals surface area contributed by atoms with E-state index in [2.05, 4.69) is 5.32 Å². The van der Waals surface area contributed by atoms with Crippen molar-refractivity contribution in [2.75, 3.05) is 0 Å². The van der Waals surface area contributed by atoms with E-state index in [0.29, 0.717) is 0 Å². The van der Waals surface area contributed by atoms with Gasteiger partial charge in [-0.3, -0.25) is 4.79 Å². The van der Waals surface area contributed by atoms with E-state index in [1.807, 2.05) is 13.8 Å². The first kappa shape index (κ1) is 16.6. The average Bonchev–Trinajstić information content (AvgIpc) is 2.36. The Morgan fingerprint density at radius 1 is 1.40 bits per heavy atom. The van der Waals surface area contributed by atoms with Crippen molar-refractivity contribution in [2.45, 2.75) is 44.0 Å². The average molecular weight is 302 g/mol. The topological polar surface area (TPSA) is 89.3 Å². The minimum atomic E-state index is -3.98. The Morgan fingerprint density at radius 2 is 2.05 bits per heavy atom. The number of nitrogens with one attached hydrogen (secondary N) is 1. The number of rotatable bonds is 6. The van der Waals surface area contributed by atoms with Gasteiger partial charge in [0.1, 0.15) is 5.82 Å². The number of hydrogen-bond acceptors (Lipinski definition) is 3. The third kappa shape index (κ3) is 4.28. The van der Waals surface area contributed by atoms with Crippen LogP contribution >= 0.6 is 0 Å². The molecule has 0 aliphatic rings. The monoisotopic (exact) mass is 302 g/mol. The Labute approximate surface area is 118 Å². The molecule has 1 amide bonds. The van der Waals surface area contributed by atoms with Crippen LogP contribution in [0.25, 0.3) is 0 Å². The summed E-state index contributed by atoms with van der Waals surface area (Å²) in [6.45, 7) is 3.93. The summed E-state index contributed by atoms with van der Waals surface area (Å²) >= 11 is 0. The number of primary sulfonamides is 1. The van der Waals surface area contributed by atoms with Crippen LogP contribution in [0.1, 0.15) is 43.5 Å². The van der Waals surface area contributed by atoms with E-state index in [1.54, 1.807) is 0 Å². The number of halogens is 1. The van der Waals surface area contributed by atoms with Crippen LogP contribution in [0.15, 0.2) is 23.1 Å². The Kier molecular flexibility index (Phi) is 5.64. The van der Waals surface area contributed by atoms with Gasteiger partial charge in [0.2, 0.25) is 10.0 Å². The first-order valence-electron chi connectivity index (χ1n) is 6.42. The summed E-state index contributed by atoms with van der Waals surface area (Å²) < 4.78 is 36.0. The largest absolute Gasteiger partial charge is 0.349 e. The van der Waals surface area contributed by atoms with Crippen LogP contribution in [0.4, 0.5) is 4.39 Å². The van der Waals surface area contributed by atoms with Gasteiger partial charge in [0.15, 0.2) is 0 Å². The summed E-state index contributed by atoms with van der Waals surface area (Å²) in [6.07, 6.45) is 2.46. The smallest absolute Gasteiger partial charge is 0.254 e. The molecule has 20 heavy (non-hydrogen) atoms. The summed E-state index contributed by atoms with van der Waals surface area (Å²) in [4.78, 5) is 11.6. The highest BCUT2D eigenvalue weighted by molar-refractivity contribution is 7.89. The molecule has 1 aromatic rings. The van der Waals surface area contributed by atoms with Crippen molar-refractivity contribution >= 4 is 15.9 Å². The van der Waals surface area contributed by atoms with Crippen molar-refractivity contribution < 1.29 is 17.6 Å². The van der Waals surface area contributed by atoms with Gasteiger partial charge in [0.25, 0.3) is 5.91 Å². The van der Waals surface area contributed by atoms with Crippen LogP contribution < -0.4 is 10.5 Å². The molecule has 0 saturated carbocycles. The molecule has 1 rings (SSSR count). The minimum Gasteiger partial charge on any atom is -0.349 e. The van der Waals surface area contributed by atoms with Crippen LogP contribution in [0.3, 0.4) is 0 Å². The molecule has 0 aromatic heterocycles. The van der Waals surface area contributed by atoms with Gasteiger partial charge < -0.3 is 5.32 Å². The number of sulfonamides is 1. The second-order valence-corrected chi connectivity index (χ2v) is 6.12. The molecule has 0 fully saturated rings. The standard InChI is InChI=1S/C13H19FN2O3S/c1-3-5-9(4-2)16-13(17)11-7-6-10(8-12(11)14)20(15,18)19/h6-9H,3-5H2,1-2H3,(H,16,17)(H2,15,18,19). The molecule has 7 heteroatoms. The first-order chi connectivity index (χ1) is 9.29. The fourth-order valence-corrected chi connectivity index (χ4v) is 2.37. The lowest BCUT2D eigenvalue weighted by molar-refractivity contribution is 0.0929. The minimum absolute atomic E-state index is 0.0233. The van der Waals surface area contributed by atoms with Crippen molar-refractivity contribution in [3.05, 3.63) is 29.6 Å². The van der Waals surface area contributed by atoms with E-state index in [4.69, 9.17) is 5.14 Å². The van der Waals surface area contributed by atoms with Crippen LogP contribution in [0.5, 0.6) is 0 Å². The van der Waals surface area contributed by atoms with E-state index < -0.39 is 21.7 Å². The predicted octanol–water partition coefficient (Wildman–Crippen LogP) is 1.78. The molecule has 3 N–H and O–H groups in total.